The molecule has 0 bridgehead atoms. The van der Waals surface area contributed by atoms with E-state index in [0.717, 1.165) is 58.5 Å². The van der Waals surface area contributed by atoms with Crippen LogP contribution in [0.25, 0.3) is 0 Å². The Hall–Kier alpha value is -7.11. The van der Waals surface area contributed by atoms with Crippen molar-refractivity contribution in [2.24, 2.45) is 32.9 Å². The number of nitrogens with one attached hydrogen (secondary N) is 2. The van der Waals surface area contributed by atoms with E-state index >= 15 is 0 Å². The summed E-state index contributed by atoms with van der Waals surface area (Å²) in [7, 11) is 3.35. The summed E-state index contributed by atoms with van der Waals surface area (Å²) in [4.78, 5) is 87.2. The minimum atomic E-state index is -0.926. The van der Waals surface area contributed by atoms with E-state index in [2.05, 4.69) is 51.7 Å². The second-order valence-corrected chi connectivity index (χ2v) is 25.9. The lowest BCUT2D eigenvalue weighted by Crippen LogP contribution is -3.00. The zero-order valence-corrected chi connectivity index (χ0v) is 54.6. The average Bonchev–Trinajstić information content (AvgIpc) is 1.63. The zero-order valence-electron chi connectivity index (χ0n) is 50.8. The number of fused-ring (bicyclic) bond motifs is 4. The van der Waals surface area contributed by atoms with Gasteiger partial charge in [-0.1, -0.05) is 164 Å². The molecule has 2 saturated heterocycles. The van der Waals surface area contributed by atoms with Gasteiger partial charge in [-0.2, -0.15) is 10.2 Å². The highest BCUT2D eigenvalue weighted by Gasteiger charge is 2.55. The number of amides is 6. The summed E-state index contributed by atoms with van der Waals surface area (Å²) in [5.74, 6) is -1.39. The SMILES string of the molecule is CC1c2ccccc2CCC1C(=O)N[C@H](Cc1ccc(Cl)cc1)C(=O)N1CCC2=NN(C)C(=O)C2(Cc2ccccc2)C1.CN1N=C2CCN(C(=O)C(Cc3ccc(Cl)cc3)NC(=O)C3CCc4ccccc4C3[NH3+])CC2(Cc2ccccc2)C1=O.ClCCl.[Cl-]. The summed E-state index contributed by atoms with van der Waals surface area (Å²) in [5.41, 5.74) is 12.8. The number of hydrogen-bond donors (Lipinski definition) is 3. The van der Waals surface area contributed by atoms with Crippen LogP contribution in [-0.4, -0.2) is 124 Å². The van der Waals surface area contributed by atoms with Crippen LogP contribution < -0.4 is 28.8 Å². The van der Waals surface area contributed by atoms with Crippen molar-refractivity contribution in [3.05, 3.63) is 212 Å². The van der Waals surface area contributed by atoms with Crippen LogP contribution in [-0.2, 0) is 67.3 Å². The van der Waals surface area contributed by atoms with Gasteiger partial charge in [-0.05, 0) is 108 Å². The summed E-state index contributed by atoms with van der Waals surface area (Å²) in [6.07, 6.45) is 5.59. The zero-order chi connectivity index (χ0) is 63.0. The highest BCUT2D eigenvalue weighted by atomic mass is 35.5. The molecule has 15 nitrogen and oxygen atoms in total. The Morgan fingerprint density at radius 1 is 0.544 bits per heavy atom. The van der Waals surface area contributed by atoms with Gasteiger partial charge in [-0.15, -0.1) is 23.2 Å². The van der Waals surface area contributed by atoms with Gasteiger partial charge < -0.3 is 38.6 Å². The van der Waals surface area contributed by atoms with Crippen molar-refractivity contribution in [3.63, 3.8) is 0 Å². The molecule has 7 unspecified atom stereocenters. The van der Waals surface area contributed by atoms with Crippen LogP contribution in [0, 0.1) is 22.7 Å². The third kappa shape index (κ3) is 14.8. The topological polar surface area (TPSA) is 192 Å². The quantitative estimate of drug-likeness (QED) is 0.102. The smallest absolute Gasteiger partial charge is 0.256 e. The molecule has 20 heteroatoms. The van der Waals surface area contributed by atoms with Crippen LogP contribution in [0.3, 0.4) is 0 Å². The van der Waals surface area contributed by atoms with Crippen LogP contribution >= 0.6 is 46.4 Å². The first-order valence-electron chi connectivity index (χ1n) is 30.5. The number of piperidine rings is 2. The molecule has 0 aromatic heterocycles. The first-order chi connectivity index (χ1) is 42.9. The van der Waals surface area contributed by atoms with Gasteiger partial charge in [0.25, 0.3) is 11.8 Å². The van der Waals surface area contributed by atoms with Gasteiger partial charge in [0.2, 0.25) is 23.6 Å². The first-order valence-corrected chi connectivity index (χ1v) is 32.3. The summed E-state index contributed by atoms with van der Waals surface area (Å²) in [6.45, 7) is 3.40. The number of benzene rings is 6. The number of alkyl halides is 2. The van der Waals surface area contributed by atoms with E-state index in [-0.39, 0.29) is 90.1 Å². The molecular formula is C70H76Cl5N9O6. The molecule has 472 valence electrons. The van der Waals surface area contributed by atoms with Crippen molar-refractivity contribution < 1.29 is 46.9 Å². The Kier molecular flexibility index (Phi) is 22.3. The normalized spacial score (nSPS) is 22.8. The maximum absolute atomic E-state index is 14.4. The number of rotatable bonds is 14. The van der Waals surface area contributed by atoms with Crippen LogP contribution in [0.4, 0.5) is 0 Å². The second kappa shape index (κ2) is 29.9. The minimum absolute atomic E-state index is 0. The van der Waals surface area contributed by atoms with Gasteiger partial charge in [-0.25, -0.2) is 10.0 Å². The van der Waals surface area contributed by atoms with Crippen LogP contribution in [0.1, 0.15) is 89.1 Å². The number of halogens is 5. The van der Waals surface area contributed by atoms with Gasteiger partial charge in [0.15, 0.2) is 0 Å². The highest BCUT2D eigenvalue weighted by molar-refractivity contribution is 6.40. The number of likely N-dealkylation sites (tertiary alicyclic amines) is 2. The summed E-state index contributed by atoms with van der Waals surface area (Å²) in [5, 5.41) is 19.7. The monoisotopic (exact) mass is 1310 g/mol. The van der Waals surface area contributed by atoms with Crippen molar-refractivity contribution in [1.29, 1.82) is 0 Å². The molecule has 5 N–H and O–H groups in total. The molecular weight excluding hydrogens is 1240 g/mol. The third-order valence-electron chi connectivity index (χ3n) is 18.7. The van der Waals surface area contributed by atoms with Crippen LogP contribution in [0.2, 0.25) is 10.0 Å². The molecule has 2 aliphatic carbocycles. The van der Waals surface area contributed by atoms with E-state index in [1.807, 2.05) is 115 Å². The first kappa shape index (κ1) is 67.3. The predicted molar refractivity (Wildman–Crippen MR) is 349 cm³/mol. The Balaban J connectivity index is 0.000000202. The van der Waals surface area contributed by atoms with Crippen molar-refractivity contribution in [1.82, 2.24) is 30.5 Å². The minimum Gasteiger partial charge on any atom is -1.00 e. The van der Waals surface area contributed by atoms with Gasteiger partial charge in [0.1, 0.15) is 29.0 Å². The molecule has 0 radical (unpaired) electrons. The van der Waals surface area contributed by atoms with E-state index < -0.39 is 22.9 Å². The van der Waals surface area contributed by atoms with Crippen LogP contribution in [0.5, 0.6) is 0 Å². The van der Waals surface area contributed by atoms with Gasteiger partial charge in [-0.3, -0.25) is 28.8 Å². The fourth-order valence-electron chi connectivity index (χ4n) is 14.0. The summed E-state index contributed by atoms with van der Waals surface area (Å²) >= 11 is 21.8. The molecule has 4 heterocycles. The van der Waals surface area contributed by atoms with E-state index in [1.54, 1.807) is 48.2 Å². The lowest BCUT2D eigenvalue weighted by molar-refractivity contribution is -0.438. The largest absolute Gasteiger partial charge is 1.00 e. The lowest BCUT2D eigenvalue weighted by Gasteiger charge is -2.41. The lowest BCUT2D eigenvalue weighted by atomic mass is 9.73. The number of carbonyl (C=O) groups excluding carboxylic acids is 6. The maximum Gasteiger partial charge on any atom is 0.256 e. The van der Waals surface area contributed by atoms with E-state index in [9.17, 15) is 28.8 Å². The van der Waals surface area contributed by atoms with E-state index in [0.29, 0.717) is 68.1 Å². The molecule has 4 aliphatic heterocycles. The van der Waals surface area contributed by atoms with Crippen molar-refractivity contribution >= 4 is 93.3 Å². The molecule has 8 atom stereocenters. The fraction of sp³-hybridized carbons (Fsp3) is 0.371. The van der Waals surface area contributed by atoms with Gasteiger partial charge in [0, 0.05) is 87.5 Å². The van der Waals surface area contributed by atoms with E-state index in [4.69, 9.17) is 46.4 Å². The molecule has 12 rings (SSSR count). The number of hydrogen-bond acceptors (Lipinski definition) is 8. The molecule has 90 heavy (non-hydrogen) atoms. The second-order valence-electron chi connectivity index (χ2n) is 24.2. The average molecular weight is 1320 g/mol. The fourth-order valence-corrected chi connectivity index (χ4v) is 14.3. The molecule has 6 aromatic carbocycles. The van der Waals surface area contributed by atoms with Crippen molar-refractivity contribution in [2.45, 2.75) is 95.2 Å². The third-order valence-corrected chi connectivity index (χ3v) is 19.2. The molecule has 6 amide bonds. The Morgan fingerprint density at radius 3 is 1.37 bits per heavy atom. The molecule has 6 aromatic rings. The molecule has 0 saturated carbocycles. The number of carbonyl (C=O) groups is 6. The number of hydrazone groups is 2. The Bertz CT molecular complexity index is 3380. The summed E-state index contributed by atoms with van der Waals surface area (Å²) < 4.78 is 0. The van der Waals surface area contributed by atoms with Gasteiger partial charge >= 0.3 is 0 Å². The Labute approximate surface area is 553 Å². The number of nitrogens with zero attached hydrogens (tertiary/aromatic N) is 6. The van der Waals surface area contributed by atoms with Crippen molar-refractivity contribution in [2.75, 3.05) is 45.6 Å². The molecule has 2 fully saturated rings. The molecule has 6 aliphatic rings. The van der Waals surface area contributed by atoms with Crippen LogP contribution in [0.15, 0.2) is 168 Å². The standard InChI is InChI=1S/C35H37ClN4O3.C34H36ClN5O3.CH2Cl2.ClH/c1-23-28-11-7-6-10-26(28)14-17-29(23)32(41)37-30(20-24-12-15-27(36)16-13-24)33(42)40-19-18-31-35(22-40,34(43)39(2)38-31)21-25-8-4-3-5-9-25;1-39-33(43)34(20-23-7-3-2-4-8-23)21-40(18-17-29(34)38-39)32(42)28(19-22-11-14-25(35)15-12-22)37-31(41)27-16-13-24-9-5-6-10-26(24)30(27)36;2-1-3;/h3-13,15-16,23,29-30H,14,17-22H2,1-2H3,(H,37,41);2-12,14-15,27-28,30H,13,16-21,36H2,1H3,(H,37,41);1H2;1H/t23?,29?,30-,35?;;;/m1.../s1. The Morgan fingerprint density at radius 2 is 0.922 bits per heavy atom. The highest BCUT2D eigenvalue weighted by Crippen LogP contribution is 2.41. The number of quaternary nitrogens is 1. The predicted octanol–water partition coefficient (Wildman–Crippen LogP) is 6.65. The number of aryl methyl sites for hydroxylation is 2. The maximum atomic E-state index is 14.4. The van der Waals surface area contributed by atoms with Crippen molar-refractivity contribution in [3.8, 4) is 0 Å². The molecule has 0 spiro atoms. The van der Waals surface area contributed by atoms with E-state index in [1.165, 1.54) is 26.7 Å². The summed E-state index contributed by atoms with van der Waals surface area (Å²) in [6, 6.07) is 49.1. The van der Waals surface area contributed by atoms with Gasteiger partial charge in [0.05, 0.1) is 22.7 Å².